The van der Waals surface area contributed by atoms with E-state index >= 15 is 0 Å². The summed E-state index contributed by atoms with van der Waals surface area (Å²) in [7, 11) is 0. The average Bonchev–Trinajstić information content (AvgIpc) is 2.89. The van der Waals surface area contributed by atoms with Gasteiger partial charge in [-0.2, -0.15) is 0 Å². The number of aryl methyl sites for hydroxylation is 2. The number of amides is 2. The van der Waals surface area contributed by atoms with Gasteiger partial charge in [-0.15, -0.1) is 0 Å². The van der Waals surface area contributed by atoms with Crippen LogP contribution in [-0.2, 0) is 35.2 Å². The molecule has 1 N–H and O–H groups in total. The van der Waals surface area contributed by atoms with Crippen LogP contribution < -0.4 is 5.32 Å². The third-order valence-corrected chi connectivity index (χ3v) is 7.32. The van der Waals surface area contributed by atoms with Gasteiger partial charge in [0.15, 0.2) is 0 Å². The van der Waals surface area contributed by atoms with E-state index in [1.54, 1.807) is 4.90 Å². The number of nitrogens with one attached hydrogen (secondary N) is 1. The van der Waals surface area contributed by atoms with E-state index in [2.05, 4.69) is 88.5 Å². The van der Waals surface area contributed by atoms with Crippen LogP contribution in [0.15, 0.2) is 48.5 Å². The second kappa shape index (κ2) is 13.1. The molecule has 0 aromatic heterocycles. The second-order valence-corrected chi connectivity index (χ2v) is 11.8. The highest BCUT2D eigenvalue weighted by Gasteiger charge is 2.42. The first-order valence-corrected chi connectivity index (χ1v) is 14.0. The van der Waals surface area contributed by atoms with Crippen molar-refractivity contribution in [1.82, 2.24) is 10.2 Å². The Hall–Kier alpha value is -2.82. The van der Waals surface area contributed by atoms with Crippen molar-refractivity contribution < 1.29 is 14.3 Å². The standard InChI is InChI=1S/C32H46N2O3/c1-6-8-26-13-15-28(16-14-26)23-32(18-21-34(22-19-32)30(36)37-24-31(3,4)5)29(35)33-20-17-27-11-9-25(7-2)10-12-27/h9-16H,6-8,17-24H2,1-5H3,(H,33,35). The molecule has 0 spiro atoms. The van der Waals surface area contributed by atoms with Gasteiger partial charge >= 0.3 is 6.09 Å². The molecule has 1 heterocycles. The van der Waals surface area contributed by atoms with Gasteiger partial charge in [0.1, 0.15) is 0 Å². The van der Waals surface area contributed by atoms with Gasteiger partial charge in [-0.05, 0) is 66.2 Å². The van der Waals surface area contributed by atoms with Gasteiger partial charge in [0.05, 0.1) is 12.0 Å². The van der Waals surface area contributed by atoms with E-state index in [0.29, 0.717) is 45.5 Å². The SMILES string of the molecule is CCCc1ccc(CC2(C(=O)NCCc3ccc(CC)cc3)CCN(C(=O)OCC(C)(C)C)CC2)cc1. The van der Waals surface area contributed by atoms with Crippen LogP contribution in [0.25, 0.3) is 0 Å². The smallest absolute Gasteiger partial charge is 0.409 e. The highest BCUT2D eigenvalue weighted by Crippen LogP contribution is 2.36. The van der Waals surface area contributed by atoms with Crippen molar-refractivity contribution in [2.45, 2.75) is 79.6 Å². The Morgan fingerprint density at radius 3 is 1.95 bits per heavy atom. The second-order valence-electron chi connectivity index (χ2n) is 11.8. The molecule has 2 aromatic carbocycles. The van der Waals surface area contributed by atoms with Crippen LogP contribution in [0.4, 0.5) is 4.79 Å². The normalized spacial score (nSPS) is 15.3. The van der Waals surface area contributed by atoms with Crippen LogP contribution in [0.5, 0.6) is 0 Å². The van der Waals surface area contributed by atoms with Crippen LogP contribution in [-0.4, -0.2) is 43.1 Å². The van der Waals surface area contributed by atoms with Crippen molar-refractivity contribution >= 4 is 12.0 Å². The van der Waals surface area contributed by atoms with Crippen LogP contribution in [0, 0.1) is 10.8 Å². The number of hydrogen-bond donors (Lipinski definition) is 1. The summed E-state index contributed by atoms with van der Waals surface area (Å²) in [5, 5.41) is 3.24. The van der Waals surface area contributed by atoms with Crippen molar-refractivity contribution in [2.75, 3.05) is 26.2 Å². The summed E-state index contributed by atoms with van der Waals surface area (Å²) < 4.78 is 5.55. The summed E-state index contributed by atoms with van der Waals surface area (Å²) in [6.07, 6.45) is 5.69. The van der Waals surface area contributed by atoms with Gasteiger partial charge < -0.3 is 15.0 Å². The first kappa shape index (κ1) is 28.7. The van der Waals surface area contributed by atoms with Crippen molar-refractivity contribution in [3.05, 3.63) is 70.8 Å². The molecule has 1 aliphatic heterocycles. The summed E-state index contributed by atoms with van der Waals surface area (Å²) >= 11 is 0. The van der Waals surface area contributed by atoms with Gasteiger partial charge in [-0.1, -0.05) is 89.6 Å². The van der Waals surface area contributed by atoms with E-state index in [4.69, 9.17) is 4.74 Å². The van der Waals surface area contributed by atoms with Crippen LogP contribution in [0.2, 0.25) is 0 Å². The monoisotopic (exact) mass is 506 g/mol. The molecular formula is C32H46N2O3. The van der Waals surface area contributed by atoms with Crippen molar-refractivity contribution in [2.24, 2.45) is 10.8 Å². The predicted octanol–water partition coefficient (Wildman–Crippen LogP) is 6.37. The highest BCUT2D eigenvalue weighted by atomic mass is 16.6. The van der Waals surface area contributed by atoms with Crippen LogP contribution >= 0.6 is 0 Å². The Morgan fingerprint density at radius 2 is 1.41 bits per heavy atom. The first-order chi connectivity index (χ1) is 17.6. The largest absolute Gasteiger partial charge is 0.449 e. The Balaban J connectivity index is 1.66. The fraction of sp³-hybridized carbons (Fsp3) is 0.562. The molecular weight excluding hydrogens is 460 g/mol. The van der Waals surface area contributed by atoms with E-state index in [1.807, 2.05) is 0 Å². The van der Waals surface area contributed by atoms with Gasteiger partial charge in [0.2, 0.25) is 5.91 Å². The van der Waals surface area contributed by atoms with Gasteiger partial charge in [0.25, 0.3) is 0 Å². The third kappa shape index (κ3) is 8.62. The molecule has 3 rings (SSSR count). The molecule has 0 aliphatic carbocycles. The maximum Gasteiger partial charge on any atom is 0.409 e. The number of rotatable bonds is 10. The Kier molecular flexibility index (Phi) is 10.2. The Bertz CT molecular complexity index is 998. The molecule has 5 nitrogen and oxygen atoms in total. The van der Waals surface area contributed by atoms with E-state index in [-0.39, 0.29) is 17.4 Å². The molecule has 1 saturated heterocycles. The summed E-state index contributed by atoms with van der Waals surface area (Å²) in [6.45, 7) is 12.6. The molecule has 5 heteroatoms. The minimum absolute atomic E-state index is 0.0735. The number of likely N-dealkylation sites (tertiary alicyclic amines) is 1. The number of ether oxygens (including phenoxy) is 1. The molecule has 37 heavy (non-hydrogen) atoms. The van der Waals surface area contributed by atoms with Crippen molar-refractivity contribution in [3.8, 4) is 0 Å². The lowest BCUT2D eigenvalue weighted by atomic mass is 9.73. The summed E-state index contributed by atoms with van der Waals surface area (Å²) in [6, 6.07) is 17.3. The minimum Gasteiger partial charge on any atom is -0.449 e. The van der Waals surface area contributed by atoms with E-state index in [0.717, 1.165) is 25.7 Å². The number of carbonyl (C=O) groups excluding carboxylic acids is 2. The van der Waals surface area contributed by atoms with E-state index in [9.17, 15) is 9.59 Å². The third-order valence-electron chi connectivity index (χ3n) is 7.32. The minimum atomic E-state index is -0.529. The first-order valence-electron chi connectivity index (χ1n) is 14.0. The fourth-order valence-corrected chi connectivity index (χ4v) is 4.92. The van der Waals surface area contributed by atoms with Gasteiger partial charge in [-0.3, -0.25) is 4.79 Å². The zero-order valence-corrected chi connectivity index (χ0v) is 23.6. The zero-order chi connectivity index (χ0) is 26.9. The van der Waals surface area contributed by atoms with Gasteiger partial charge in [0, 0.05) is 19.6 Å². The van der Waals surface area contributed by atoms with Crippen molar-refractivity contribution in [3.63, 3.8) is 0 Å². The molecule has 2 amide bonds. The zero-order valence-electron chi connectivity index (χ0n) is 23.6. The topological polar surface area (TPSA) is 58.6 Å². The summed E-state index contributed by atoms with van der Waals surface area (Å²) in [5.41, 5.74) is 4.46. The maximum absolute atomic E-state index is 13.7. The lowest BCUT2D eigenvalue weighted by molar-refractivity contribution is -0.133. The molecule has 0 atom stereocenters. The average molecular weight is 507 g/mol. The Labute approximate surface area is 224 Å². The molecule has 1 fully saturated rings. The number of carbonyl (C=O) groups is 2. The fourth-order valence-electron chi connectivity index (χ4n) is 4.92. The molecule has 2 aromatic rings. The molecule has 0 saturated carbocycles. The lowest BCUT2D eigenvalue weighted by Gasteiger charge is -2.40. The number of benzene rings is 2. The van der Waals surface area contributed by atoms with Gasteiger partial charge in [-0.25, -0.2) is 4.79 Å². The number of hydrogen-bond acceptors (Lipinski definition) is 3. The molecule has 0 radical (unpaired) electrons. The Morgan fingerprint density at radius 1 is 0.865 bits per heavy atom. The van der Waals surface area contributed by atoms with E-state index in [1.165, 1.54) is 22.3 Å². The summed E-state index contributed by atoms with van der Waals surface area (Å²) in [4.78, 5) is 28.1. The van der Waals surface area contributed by atoms with Crippen LogP contribution in [0.1, 0.15) is 76.1 Å². The molecule has 0 unspecified atom stereocenters. The van der Waals surface area contributed by atoms with Crippen LogP contribution in [0.3, 0.4) is 0 Å². The number of nitrogens with zero attached hydrogens (tertiary/aromatic N) is 1. The van der Waals surface area contributed by atoms with E-state index < -0.39 is 5.41 Å². The predicted molar refractivity (Wildman–Crippen MR) is 151 cm³/mol. The lowest BCUT2D eigenvalue weighted by Crippen LogP contribution is -2.51. The molecule has 202 valence electrons. The number of piperidine rings is 1. The highest BCUT2D eigenvalue weighted by molar-refractivity contribution is 5.83. The quantitative estimate of drug-likeness (QED) is 0.407. The maximum atomic E-state index is 13.7. The van der Waals surface area contributed by atoms with Crippen molar-refractivity contribution in [1.29, 1.82) is 0 Å². The molecule has 0 bridgehead atoms. The molecule has 1 aliphatic rings. The summed E-state index contributed by atoms with van der Waals surface area (Å²) in [5.74, 6) is 0.0954.